The van der Waals surface area contributed by atoms with Crippen LogP contribution in [-0.4, -0.2) is 29.6 Å². The number of hydrogen-bond acceptors (Lipinski definition) is 5. The quantitative estimate of drug-likeness (QED) is 0.596. The second-order valence-corrected chi connectivity index (χ2v) is 6.92. The highest BCUT2D eigenvalue weighted by molar-refractivity contribution is 5.93. The number of benzene rings is 2. The first-order valence-corrected chi connectivity index (χ1v) is 9.13. The average molecular weight is 395 g/mol. The van der Waals surface area contributed by atoms with Crippen LogP contribution >= 0.6 is 0 Å². The Balaban J connectivity index is 1.79. The predicted molar refractivity (Wildman–Crippen MR) is 108 cm³/mol. The van der Waals surface area contributed by atoms with Crippen molar-refractivity contribution < 1.29 is 23.8 Å². The smallest absolute Gasteiger partial charge is 0.336 e. The highest BCUT2D eigenvalue weighted by Crippen LogP contribution is 2.29. The molecule has 0 bridgehead atoms. The van der Waals surface area contributed by atoms with Crippen molar-refractivity contribution >= 4 is 22.8 Å². The molecule has 3 aromatic rings. The van der Waals surface area contributed by atoms with E-state index >= 15 is 0 Å². The van der Waals surface area contributed by atoms with Crippen molar-refractivity contribution in [3.05, 3.63) is 65.0 Å². The average Bonchev–Trinajstić information content (AvgIpc) is 2.69. The van der Waals surface area contributed by atoms with Gasteiger partial charge >= 0.3 is 11.6 Å². The lowest BCUT2D eigenvalue weighted by Gasteiger charge is -2.18. The number of carbonyl (C=O) groups excluding carboxylic acids is 1. The number of carboxylic acid groups (broad SMARTS) is 1. The highest BCUT2D eigenvalue weighted by Gasteiger charge is 2.23. The standard InChI is InChI=1S/C22H21NO6/c1-13(2)21(22(26)27)23-19(24)12-28-15-8-9-16-17(14-6-4-3-5-7-14)11-20(25)29-18(16)10-15/h3-11,13,21H,12H2,1-2H3,(H,23,24)(H,26,27). The fourth-order valence-corrected chi connectivity index (χ4v) is 2.97. The van der Waals surface area contributed by atoms with Crippen molar-refractivity contribution in [3.63, 3.8) is 0 Å². The van der Waals surface area contributed by atoms with Gasteiger partial charge in [0.2, 0.25) is 0 Å². The molecule has 7 heteroatoms. The molecule has 0 aliphatic heterocycles. The summed E-state index contributed by atoms with van der Waals surface area (Å²) in [6, 6.07) is 14.9. The van der Waals surface area contributed by atoms with Gasteiger partial charge in [-0.25, -0.2) is 9.59 Å². The number of amides is 1. The Kier molecular flexibility index (Phi) is 5.97. The molecule has 2 aromatic carbocycles. The number of aliphatic carboxylic acids is 1. The molecule has 29 heavy (non-hydrogen) atoms. The van der Waals surface area contributed by atoms with Crippen LogP contribution in [0.1, 0.15) is 13.8 Å². The maximum atomic E-state index is 12.0. The van der Waals surface area contributed by atoms with Crippen molar-refractivity contribution in [1.82, 2.24) is 5.32 Å². The fourth-order valence-electron chi connectivity index (χ4n) is 2.97. The van der Waals surface area contributed by atoms with Crippen molar-refractivity contribution in [2.45, 2.75) is 19.9 Å². The van der Waals surface area contributed by atoms with Crippen LogP contribution in [-0.2, 0) is 9.59 Å². The summed E-state index contributed by atoms with van der Waals surface area (Å²) in [6.07, 6.45) is 0. The topological polar surface area (TPSA) is 106 Å². The number of hydrogen-bond donors (Lipinski definition) is 2. The van der Waals surface area contributed by atoms with Gasteiger partial charge in [-0.15, -0.1) is 0 Å². The van der Waals surface area contributed by atoms with E-state index in [1.165, 1.54) is 12.1 Å². The van der Waals surface area contributed by atoms with E-state index in [1.54, 1.807) is 26.0 Å². The molecule has 0 saturated carbocycles. The summed E-state index contributed by atoms with van der Waals surface area (Å²) in [5, 5.41) is 12.3. The van der Waals surface area contributed by atoms with E-state index in [9.17, 15) is 14.4 Å². The Morgan fingerprint density at radius 3 is 2.48 bits per heavy atom. The lowest BCUT2D eigenvalue weighted by molar-refractivity contribution is -0.143. The number of carbonyl (C=O) groups is 2. The van der Waals surface area contributed by atoms with Crippen LogP contribution in [0, 0.1) is 5.92 Å². The molecule has 0 fully saturated rings. The van der Waals surface area contributed by atoms with Gasteiger partial charge in [-0.2, -0.15) is 0 Å². The molecule has 0 aliphatic carbocycles. The van der Waals surface area contributed by atoms with Gasteiger partial charge in [-0.3, -0.25) is 4.79 Å². The SMILES string of the molecule is CC(C)C(NC(=O)COc1ccc2c(-c3ccccc3)cc(=O)oc2c1)C(=O)O. The first kappa shape index (κ1) is 20.1. The number of fused-ring (bicyclic) bond motifs is 1. The first-order chi connectivity index (χ1) is 13.8. The van der Waals surface area contributed by atoms with Crippen LogP contribution < -0.4 is 15.7 Å². The van der Waals surface area contributed by atoms with Crippen LogP contribution in [0.3, 0.4) is 0 Å². The van der Waals surface area contributed by atoms with E-state index in [0.29, 0.717) is 11.3 Å². The Labute approximate surface area is 166 Å². The lowest BCUT2D eigenvalue weighted by atomic mass is 10.0. The summed E-state index contributed by atoms with van der Waals surface area (Å²) < 4.78 is 10.7. The van der Waals surface area contributed by atoms with Crippen LogP contribution in [0.5, 0.6) is 5.75 Å². The van der Waals surface area contributed by atoms with E-state index < -0.39 is 23.5 Å². The molecule has 1 atom stereocenters. The maximum absolute atomic E-state index is 12.0. The predicted octanol–water partition coefficient (Wildman–Crippen LogP) is 3.06. The Morgan fingerprint density at radius 1 is 1.10 bits per heavy atom. The van der Waals surface area contributed by atoms with Gasteiger partial charge in [0.05, 0.1) is 0 Å². The zero-order valence-corrected chi connectivity index (χ0v) is 16.0. The summed E-state index contributed by atoms with van der Waals surface area (Å²) in [6.45, 7) is 3.05. The van der Waals surface area contributed by atoms with Crippen molar-refractivity contribution in [1.29, 1.82) is 0 Å². The Morgan fingerprint density at radius 2 is 1.83 bits per heavy atom. The van der Waals surface area contributed by atoms with Crippen LogP contribution in [0.25, 0.3) is 22.1 Å². The largest absolute Gasteiger partial charge is 0.484 e. The molecule has 1 unspecified atom stereocenters. The summed E-state index contributed by atoms with van der Waals surface area (Å²) in [5.74, 6) is -1.58. The van der Waals surface area contributed by atoms with Crippen molar-refractivity contribution in [2.24, 2.45) is 5.92 Å². The first-order valence-electron chi connectivity index (χ1n) is 9.13. The third-order valence-corrected chi connectivity index (χ3v) is 4.42. The van der Waals surface area contributed by atoms with E-state index in [-0.39, 0.29) is 12.5 Å². The fraction of sp³-hybridized carbons (Fsp3) is 0.227. The number of carboxylic acids is 1. The maximum Gasteiger partial charge on any atom is 0.336 e. The molecule has 3 rings (SSSR count). The van der Waals surface area contributed by atoms with E-state index in [4.69, 9.17) is 14.3 Å². The van der Waals surface area contributed by atoms with Gasteiger partial charge in [0, 0.05) is 17.5 Å². The molecule has 1 aromatic heterocycles. The molecule has 0 saturated heterocycles. The van der Waals surface area contributed by atoms with Gasteiger partial charge in [-0.1, -0.05) is 44.2 Å². The molecule has 2 N–H and O–H groups in total. The minimum absolute atomic E-state index is 0.261. The van der Waals surface area contributed by atoms with Gasteiger partial charge < -0.3 is 19.6 Å². The van der Waals surface area contributed by atoms with Crippen molar-refractivity contribution in [2.75, 3.05) is 6.61 Å². The molecular weight excluding hydrogens is 374 g/mol. The lowest BCUT2D eigenvalue weighted by Crippen LogP contribution is -2.46. The Bertz CT molecular complexity index is 1090. The highest BCUT2D eigenvalue weighted by atomic mass is 16.5. The normalized spacial score (nSPS) is 12.0. The number of rotatable bonds is 7. The molecule has 150 valence electrons. The van der Waals surface area contributed by atoms with Crippen molar-refractivity contribution in [3.8, 4) is 16.9 Å². The molecular formula is C22H21NO6. The van der Waals surface area contributed by atoms with Crippen LogP contribution in [0.4, 0.5) is 0 Å². The second kappa shape index (κ2) is 8.60. The molecule has 0 spiro atoms. The summed E-state index contributed by atoms with van der Waals surface area (Å²) in [5.41, 5.74) is 1.46. The summed E-state index contributed by atoms with van der Waals surface area (Å²) in [4.78, 5) is 35.2. The summed E-state index contributed by atoms with van der Waals surface area (Å²) >= 11 is 0. The monoisotopic (exact) mass is 395 g/mol. The molecule has 7 nitrogen and oxygen atoms in total. The minimum Gasteiger partial charge on any atom is -0.484 e. The third-order valence-electron chi connectivity index (χ3n) is 4.42. The van der Waals surface area contributed by atoms with Gasteiger partial charge in [0.15, 0.2) is 6.61 Å². The molecule has 1 amide bonds. The Hall–Kier alpha value is -3.61. The van der Waals surface area contributed by atoms with Crippen LogP contribution in [0.2, 0.25) is 0 Å². The second-order valence-electron chi connectivity index (χ2n) is 6.92. The van der Waals surface area contributed by atoms with Gasteiger partial charge in [-0.05, 0) is 29.2 Å². The molecule has 0 aliphatic rings. The zero-order valence-electron chi connectivity index (χ0n) is 16.0. The summed E-state index contributed by atoms with van der Waals surface area (Å²) in [7, 11) is 0. The van der Waals surface area contributed by atoms with E-state index in [0.717, 1.165) is 16.5 Å². The van der Waals surface area contributed by atoms with Gasteiger partial charge in [0.25, 0.3) is 5.91 Å². The van der Waals surface area contributed by atoms with E-state index in [1.807, 2.05) is 30.3 Å². The van der Waals surface area contributed by atoms with Gasteiger partial charge in [0.1, 0.15) is 17.4 Å². The third kappa shape index (κ3) is 4.82. The van der Waals surface area contributed by atoms with E-state index in [2.05, 4.69) is 5.32 Å². The van der Waals surface area contributed by atoms with Crippen LogP contribution in [0.15, 0.2) is 63.8 Å². The molecule has 1 heterocycles. The number of ether oxygens (including phenoxy) is 1. The minimum atomic E-state index is -1.10. The zero-order chi connectivity index (χ0) is 21.0. The molecule has 0 radical (unpaired) electrons. The number of nitrogens with one attached hydrogen (secondary N) is 1.